The van der Waals surface area contributed by atoms with Gasteiger partial charge in [0.1, 0.15) is 6.04 Å². The van der Waals surface area contributed by atoms with Crippen LogP contribution in [-0.4, -0.2) is 46.6 Å². The van der Waals surface area contributed by atoms with Crippen LogP contribution in [0.2, 0.25) is 0 Å². The molecular formula is C12H15N5O3. The number of nitrogens with zero attached hydrogens (tertiary/aromatic N) is 3. The molecule has 1 amide bonds. The van der Waals surface area contributed by atoms with Crippen LogP contribution >= 0.6 is 0 Å². The average molecular weight is 277 g/mol. The lowest BCUT2D eigenvalue weighted by Crippen LogP contribution is -2.56. The maximum Gasteiger partial charge on any atom is 0.241 e. The average Bonchev–Trinajstić information content (AvgIpc) is 3.09. The highest BCUT2D eigenvalue weighted by atomic mass is 16.5. The third-order valence-electron chi connectivity index (χ3n) is 3.23. The summed E-state index contributed by atoms with van der Waals surface area (Å²) in [7, 11) is 0. The molecule has 0 aliphatic carbocycles. The summed E-state index contributed by atoms with van der Waals surface area (Å²) in [5, 5.41) is 6.99. The number of hydrogen-bond acceptors (Lipinski definition) is 7. The van der Waals surface area contributed by atoms with Gasteiger partial charge in [0.15, 0.2) is 5.76 Å². The monoisotopic (exact) mass is 277 g/mol. The molecule has 0 aromatic carbocycles. The molecule has 106 valence electrons. The number of amides is 1. The van der Waals surface area contributed by atoms with Crippen LogP contribution in [0, 0.1) is 0 Å². The van der Waals surface area contributed by atoms with Crippen molar-refractivity contribution in [3.8, 4) is 11.6 Å². The molecule has 1 atom stereocenters. The fourth-order valence-electron chi connectivity index (χ4n) is 2.21. The Morgan fingerprint density at radius 3 is 3.25 bits per heavy atom. The summed E-state index contributed by atoms with van der Waals surface area (Å²) in [5.41, 5.74) is 5.39. The second-order valence-corrected chi connectivity index (χ2v) is 4.58. The molecule has 3 rings (SSSR count). The van der Waals surface area contributed by atoms with Crippen LogP contribution in [0.3, 0.4) is 0 Å². The molecule has 2 aromatic heterocycles. The van der Waals surface area contributed by atoms with Crippen molar-refractivity contribution in [3.63, 3.8) is 0 Å². The zero-order valence-corrected chi connectivity index (χ0v) is 10.8. The highest BCUT2D eigenvalue weighted by Crippen LogP contribution is 2.17. The summed E-state index contributed by atoms with van der Waals surface area (Å²) < 4.78 is 10.4. The summed E-state index contributed by atoms with van der Waals surface area (Å²) in [4.78, 5) is 17.6. The van der Waals surface area contributed by atoms with E-state index in [0.29, 0.717) is 37.1 Å². The molecule has 1 aliphatic rings. The third kappa shape index (κ3) is 2.56. The van der Waals surface area contributed by atoms with E-state index in [1.165, 1.54) is 0 Å². The topological polar surface area (TPSA) is 110 Å². The van der Waals surface area contributed by atoms with Crippen molar-refractivity contribution in [1.29, 1.82) is 0 Å². The Bertz CT molecular complexity index is 580. The Morgan fingerprint density at radius 1 is 1.60 bits per heavy atom. The van der Waals surface area contributed by atoms with Gasteiger partial charge in [-0.3, -0.25) is 9.69 Å². The molecule has 20 heavy (non-hydrogen) atoms. The van der Waals surface area contributed by atoms with Crippen LogP contribution in [0.1, 0.15) is 5.89 Å². The van der Waals surface area contributed by atoms with Crippen molar-refractivity contribution in [2.24, 2.45) is 5.73 Å². The molecule has 0 saturated carbocycles. The normalized spacial score (nSPS) is 20.1. The lowest BCUT2D eigenvalue weighted by atomic mass is 10.2. The summed E-state index contributed by atoms with van der Waals surface area (Å²) in [6, 6.07) is 3.15. The number of piperazine rings is 1. The molecule has 3 heterocycles. The van der Waals surface area contributed by atoms with Crippen molar-refractivity contribution in [2.45, 2.75) is 12.6 Å². The Labute approximate surface area is 114 Å². The third-order valence-corrected chi connectivity index (χ3v) is 3.23. The van der Waals surface area contributed by atoms with Gasteiger partial charge in [0.05, 0.1) is 12.8 Å². The van der Waals surface area contributed by atoms with Crippen molar-refractivity contribution in [1.82, 2.24) is 20.4 Å². The second-order valence-electron chi connectivity index (χ2n) is 4.58. The van der Waals surface area contributed by atoms with Gasteiger partial charge < -0.3 is 20.0 Å². The zero-order chi connectivity index (χ0) is 13.9. The molecule has 8 nitrogen and oxygen atoms in total. The molecule has 0 spiro atoms. The number of furan rings is 1. The van der Waals surface area contributed by atoms with E-state index >= 15 is 0 Å². The molecule has 1 saturated heterocycles. The molecular weight excluding hydrogens is 262 g/mol. The zero-order valence-electron chi connectivity index (χ0n) is 10.8. The minimum absolute atomic E-state index is 0.358. The van der Waals surface area contributed by atoms with Crippen LogP contribution in [0.15, 0.2) is 27.3 Å². The van der Waals surface area contributed by atoms with Gasteiger partial charge >= 0.3 is 0 Å². The van der Waals surface area contributed by atoms with Gasteiger partial charge in [0, 0.05) is 19.6 Å². The van der Waals surface area contributed by atoms with Crippen LogP contribution in [0.5, 0.6) is 0 Å². The minimum Gasteiger partial charge on any atom is -0.461 e. The Morgan fingerprint density at radius 2 is 2.50 bits per heavy atom. The van der Waals surface area contributed by atoms with E-state index in [2.05, 4.69) is 15.5 Å². The van der Waals surface area contributed by atoms with Crippen LogP contribution < -0.4 is 11.1 Å². The Kier molecular flexibility index (Phi) is 3.48. The van der Waals surface area contributed by atoms with E-state index in [4.69, 9.17) is 14.7 Å². The minimum atomic E-state index is -0.359. The first-order chi connectivity index (χ1) is 9.74. The maximum absolute atomic E-state index is 11.4. The van der Waals surface area contributed by atoms with E-state index in [1.807, 2.05) is 4.90 Å². The second kappa shape index (κ2) is 5.43. The van der Waals surface area contributed by atoms with Gasteiger partial charge in [0.25, 0.3) is 0 Å². The van der Waals surface area contributed by atoms with E-state index in [0.717, 1.165) is 6.54 Å². The summed E-state index contributed by atoms with van der Waals surface area (Å²) in [5.74, 6) is 1.02. The molecule has 1 fully saturated rings. The van der Waals surface area contributed by atoms with Crippen LogP contribution in [0.4, 0.5) is 0 Å². The standard InChI is InChI=1S/C12H15N5O3/c13-11(18)8-6-14-3-4-17(8)7-10-15-12(16-20-10)9-2-1-5-19-9/h1-2,5,8,14H,3-4,6-7H2,(H2,13,18). The molecule has 1 unspecified atom stereocenters. The SMILES string of the molecule is NC(=O)C1CNCCN1Cc1nc(-c2ccco2)no1. The van der Waals surface area contributed by atoms with E-state index < -0.39 is 0 Å². The van der Waals surface area contributed by atoms with Gasteiger partial charge in [-0.25, -0.2) is 0 Å². The predicted molar refractivity (Wildman–Crippen MR) is 68.3 cm³/mol. The molecule has 3 N–H and O–H groups in total. The van der Waals surface area contributed by atoms with Gasteiger partial charge in [-0.2, -0.15) is 4.98 Å². The quantitative estimate of drug-likeness (QED) is 0.781. The van der Waals surface area contributed by atoms with Crippen LogP contribution in [-0.2, 0) is 11.3 Å². The lowest BCUT2D eigenvalue weighted by molar-refractivity contribution is -0.124. The molecule has 0 bridgehead atoms. The number of hydrogen-bond donors (Lipinski definition) is 2. The predicted octanol–water partition coefficient (Wildman–Crippen LogP) is -0.411. The van der Waals surface area contributed by atoms with Crippen molar-refractivity contribution in [3.05, 3.63) is 24.3 Å². The Hall–Kier alpha value is -2.19. The number of nitrogens with two attached hydrogens (primary N) is 1. The first-order valence-corrected chi connectivity index (χ1v) is 6.34. The van der Waals surface area contributed by atoms with Gasteiger partial charge in [-0.1, -0.05) is 5.16 Å². The summed E-state index contributed by atoms with van der Waals surface area (Å²) in [6.07, 6.45) is 1.55. The van der Waals surface area contributed by atoms with Crippen molar-refractivity contribution in [2.75, 3.05) is 19.6 Å². The first-order valence-electron chi connectivity index (χ1n) is 6.34. The Balaban J connectivity index is 1.72. The highest BCUT2D eigenvalue weighted by molar-refractivity contribution is 5.80. The molecule has 1 aliphatic heterocycles. The smallest absolute Gasteiger partial charge is 0.241 e. The van der Waals surface area contributed by atoms with Gasteiger partial charge in [0.2, 0.25) is 17.6 Å². The number of nitrogens with one attached hydrogen (secondary N) is 1. The largest absolute Gasteiger partial charge is 0.461 e. The van der Waals surface area contributed by atoms with Crippen molar-refractivity contribution >= 4 is 5.91 Å². The molecule has 0 radical (unpaired) electrons. The van der Waals surface area contributed by atoms with E-state index in [1.54, 1.807) is 18.4 Å². The van der Waals surface area contributed by atoms with E-state index in [9.17, 15) is 4.79 Å². The molecule has 2 aromatic rings. The van der Waals surface area contributed by atoms with E-state index in [-0.39, 0.29) is 11.9 Å². The lowest BCUT2D eigenvalue weighted by Gasteiger charge is -2.32. The number of rotatable bonds is 4. The number of primary amides is 1. The number of aromatic nitrogens is 2. The number of carbonyl (C=O) groups excluding carboxylic acids is 1. The van der Waals surface area contributed by atoms with Gasteiger partial charge in [-0.05, 0) is 12.1 Å². The maximum atomic E-state index is 11.4. The summed E-state index contributed by atoms with van der Waals surface area (Å²) >= 11 is 0. The fourth-order valence-corrected chi connectivity index (χ4v) is 2.21. The molecule has 8 heteroatoms. The fraction of sp³-hybridized carbons (Fsp3) is 0.417. The highest BCUT2D eigenvalue weighted by Gasteiger charge is 2.28. The summed E-state index contributed by atoms with van der Waals surface area (Å²) in [6.45, 7) is 2.42. The number of carbonyl (C=O) groups is 1. The van der Waals surface area contributed by atoms with Crippen molar-refractivity contribution < 1.29 is 13.7 Å². The van der Waals surface area contributed by atoms with Crippen LogP contribution in [0.25, 0.3) is 11.6 Å². The first kappa shape index (κ1) is 12.8. The van der Waals surface area contributed by atoms with Gasteiger partial charge in [-0.15, -0.1) is 0 Å².